The fraction of sp³-hybridized carbons (Fsp3) is 0.435. The predicted molar refractivity (Wildman–Crippen MR) is 136 cm³/mol. The third-order valence-corrected chi connectivity index (χ3v) is 6.96. The molecule has 182 valence electrons. The Hall–Kier alpha value is -2.75. The number of rotatable bonds is 3. The molecule has 0 saturated carbocycles. The molecule has 3 aromatic heterocycles. The molecule has 0 unspecified atom stereocenters. The number of fused-ring (bicyclic) bond motifs is 1. The number of benzene rings is 1. The number of nitrogens with one attached hydrogen (secondary N) is 1. The van der Waals surface area contributed by atoms with Gasteiger partial charge in [-0.25, -0.2) is 4.68 Å². The highest BCUT2D eigenvalue weighted by Gasteiger charge is 2.44. The van der Waals surface area contributed by atoms with Crippen molar-refractivity contribution in [1.82, 2.24) is 40.3 Å². The molecule has 2 N–H and O–H groups in total. The molecule has 0 aliphatic carbocycles. The minimum absolute atomic E-state index is 0. The molecule has 0 spiro atoms. The van der Waals surface area contributed by atoms with Crippen LogP contribution in [0.1, 0.15) is 46.6 Å². The smallest absolute Gasteiger partial charge is 0.201 e. The quantitative estimate of drug-likeness (QED) is 0.417. The van der Waals surface area contributed by atoms with Gasteiger partial charge in [-0.05, 0) is 71.3 Å². The third kappa shape index (κ3) is 4.35. The number of hydrogen-bond acceptors (Lipinski definition) is 7. The first-order chi connectivity index (χ1) is 15.2. The lowest BCUT2D eigenvalue weighted by Crippen LogP contribution is -2.58. The third-order valence-electron chi connectivity index (χ3n) is 6.96. The van der Waals surface area contributed by atoms with Crippen LogP contribution < -0.4 is 0 Å². The van der Waals surface area contributed by atoms with Crippen molar-refractivity contribution in [2.45, 2.75) is 57.7 Å². The molecule has 4 aromatic rings. The highest BCUT2D eigenvalue weighted by Crippen LogP contribution is 2.42. The van der Waals surface area contributed by atoms with Gasteiger partial charge in [0, 0.05) is 28.4 Å². The molecule has 1 saturated heterocycles. The first-order valence-electron chi connectivity index (χ1n) is 10.8. The molecular formula is C23H30Cl2N8O. The number of piperidine rings is 1. The van der Waals surface area contributed by atoms with Crippen LogP contribution in [0.4, 0.5) is 0 Å². The van der Waals surface area contributed by atoms with Gasteiger partial charge >= 0.3 is 0 Å². The van der Waals surface area contributed by atoms with Gasteiger partial charge in [0.2, 0.25) is 5.65 Å². The zero-order chi connectivity index (χ0) is 22.7. The number of hydrogen-bond donors (Lipinski definition) is 2. The highest BCUT2D eigenvalue weighted by atomic mass is 35.5. The standard InChI is InChI=1S/C23H28N8O.2ClH/c1-22(2)10-16(11-23(3,4)30(22)5)31-21-19(27-29-31)9-18(26-28-21)17-7-6-14(8-20(17)32)15-12-24-25-13-15;;/h6-9,12-13,16,32H,10-11H2,1-5H3,(H,24,25);2*1H. The summed E-state index contributed by atoms with van der Waals surface area (Å²) in [5.41, 5.74) is 4.33. The predicted octanol–water partition coefficient (Wildman–Crippen LogP) is 4.65. The molecule has 9 nitrogen and oxygen atoms in total. The van der Waals surface area contributed by atoms with Crippen molar-refractivity contribution in [3.8, 4) is 28.1 Å². The molecule has 1 aliphatic rings. The van der Waals surface area contributed by atoms with Crippen molar-refractivity contribution >= 4 is 36.0 Å². The van der Waals surface area contributed by atoms with Gasteiger partial charge in [0.15, 0.2) is 0 Å². The average Bonchev–Trinajstić information content (AvgIpc) is 3.41. The van der Waals surface area contributed by atoms with Crippen LogP contribution in [-0.2, 0) is 0 Å². The second kappa shape index (κ2) is 9.13. The lowest BCUT2D eigenvalue weighted by atomic mass is 9.77. The molecule has 0 bridgehead atoms. The van der Waals surface area contributed by atoms with E-state index in [0.717, 1.165) is 24.0 Å². The van der Waals surface area contributed by atoms with E-state index in [4.69, 9.17) is 0 Å². The fourth-order valence-electron chi connectivity index (χ4n) is 4.96. The largest absolute Gasteiger partial charge is 0.507 e. The first kappa shape index (κ1) is 25.9. The minimum Gasteiger partial charge on any atom is -0.507 e. The number of aromatic hydroxyl groups is 1. The Bertz CT molecular complexity index is 1270. The van der Waals surface area contributed by atoms with E-state index in [9.17, 15) is 5.11 Å². The summed E-state index contributed by atoms with van der Waals surface area (Å²) < 4.78 is 1.92. The van der Waals surface area contributed by atoms with Crippen molar-refractivity contribution in [2.24, 2.45) is 0 Å². The molecule has 0 amide bonds. The van der Waals surface area contributed by atoms with E-state index in [2.05, 4.69) is 70.3 Å². The second-order valence-corrected chi connectivity index (χ2v) is 9.94. The van der Waals surface area contributed by atoms with Crippen LogP contribution in [0.15, 0.2) is 36.7 Å². The summed E-state index contributed by atoms with van der Waals surface area (Å²) in [4.78, 5) is 2.44. The molecule has 1 aromatic carbocycles. The molecule has 4 heterocycles. The average molecular weight is 505 g/mol. The Labute approximate surface area is 210 Å². The summed E-state index contributed by atoms with van der Waals surface area (Å²) in [6, 6.07) is 7.48. The summed E-state index contributed by atoms with van der Waals surface area (Å²) in [7, 11) is 2.19. The molecule has 11 heteroatoms. The van der Waals surface area contributed by atoms with Crippen molar-refractivity contribution in [1.29, 1.82) is 0 Å². The molecular weight excluding hydrogens is 475 g/mol. The van der Waals surface area contributed by atoms with Crippen LogP contribution in [0.3, 0.4) is 0 Å². The number of nitrogens with zero attached hydrogens (tertiary/aromatic N) is 7. The summed E-state index contributed by atoms with van der Waals surface area (Å²) in [5.74, 6) is 0.128. The Balaban J connectivity index is 0.00000162. The number of phenols is 1. The zero-order valence-corrected chi connectivity index (χ0v) is 21.5. The van der Waals surface area contributed by atoms with Gasteiger partial charge in [-0.2, -0.15) is 5.10 Å². The molecule has 0 atom stereocenters. The normalized spacial score (nSPS) is 17.8. The monoisotopic (exact) mass is 504 g/mol. The zero-order valence-electron chi connectivity index (χ0n) is 19.8. The molecule has 1 aliphatic heterocycles. The lowest BCUT2D eigenvalue weighted by Gasteiger charge is -2.53. The number of likely N-dealkylation sites (tertiary alicyclic amines) is 1. The van der Waals surface area contributed by atoms with Crippen LogP contribution in [0, 0.1) is 0 Å². The van der Waals surface area contributed by atoms with Crippen molar-refractivity contribution in [3.05, 3.63) is 36.7 Å². The van der Waals surface area contributed by atoms with E-state index in [1.165, 1.54) is 0 Å². The van der Waals surface area contributed by atoms with Gasteiger partial charge in [0.05, 0.1) is 17.9 Å². The van der Waals surface area contributed by atoms with Gasteiger partial charge in [-0.15, -0.1) is 40.1 Å². The Morgan fingerprint density at radius 3 is 2.29 bits per heavy atom. The summed E-state index contributed by atoms with van der Waals surface area (Å²) in [5, 5.41) is 35.1. The highest BCUT2D eigenvalue weighted by molar-refractivity contribution is 5.85. The topological polar surface area (TPSA) is 109 Å². The van der Waals surface area contributed by atoms with E-state index >= 15 is 0 Å². The maximum atomic E-state index is 10.6. The van der Waals surface area contributed by atoms with Crippen molar-refractivity contribution in [3.63, 3.8) is 0 Å². The number of phenolic OH excluding ortho intramolecular Hbond substituents is 1. The fourth-order valence-corrected chi connectivity index (χ4v) is 4.96. The summed E-state index contributed by atoms with van der Waals surface area (Å²) in [6.07, 6.45) is 5.39. The SMILES string of the molecule is CN1C(C)(C)CC(n2nnc3cc(-c4ccc(-c5cn[nH]c5)cc4O)nnc32)CC1(C)C.Cl.Cl. The van der Waals surface area contributed by atoms with Crippen molar-refractivity contribution in [2.75, 3.05) is 7.05 Å². The van der Waals surface area contributed by atoms with Crippen LogP contribution >= 0.6 is 24.8 Å². The van der Waals surface area contributed by atoms with E-state index < -0.39 is 0 Å². The Kier molecular flexibility index (Phi) is 6.94. The summed E-state index contributed by atoms with van der Waals surface area (Å²) >= 11 is 0. The molecule has 5 rings (SSSR count). The van der Waals surface area contributed by atoms with Gasteiger partial charge in [0.1, 0.15) is 11.3 Å². The first-order valence-corrected chi connectivity index (χ1v) is 10.8. The van der Waals surface area contributed by atoms with Gasteiger partial charge in [-0.3, -0.25) is 10.00 Å². The second-order valence-electron chi connectivity index (χ2n) is 9.94. The van der Waals surface area contributed by atoms with Crippen LogP contribution in [0.25, 0.3) is 33.5 Å². The van der Waals surface area contributed by atoms with Crippen molar-refractivity contribution < 1.29 is 5.11 Å². The number of aromatic nitrogens is 7. The maximum absolute atomic E-state index is 10.6. The lowest BCUT2D eigenvalue weighted by molar-refractivity contribution is -0.0280. The van der Waals surface area contributed by atoms with Crippen LogP contribution in [0.5, 0.6) is 5.75 Å². The number of H-pyrrole nitrogens is 1. The van der Waals surface area contributed by atoms with Gasteiger partial charge in [-0.1, -0.05) is 11.3 Å². The van der Waals surface area contributed by atoms with E-state index in [1.54, 1.807) is 18.5 Å². The minimum atomic E-state index is 0. The van der Waals surface area contributed by atoms with E-state index in [0.29, 0.717) is 22.4 Å². The molecule has 1 fully saturated rings. The van der Waals surface area contributed by atoms with Crippen LogP contribution in [-0.4, -0.2) is 63.5 Å². The Morgan fingerprint density at radius 1 is 0.971 bits per heavy atom. The number of halogens is 2. The maximum Gasteiger partial charge on any atom is 0.201 e. The number of aromatic amines is 1. The van der Waals surface area contributed by atoms with E-state index in [-0.39, 0.29) is 47.7 Å². The molecule has 34 heavy (non-hydrogen) atoms. The van der Waals surface area contributed by atoms with Gasteiger partial charge < -0.3 is 5.11 Å². The van der Waals surface area contributed by atoms with Crippen LogP contribution in [0.2, 0.25) is 0 Å². The van der Waals surface area contributed by atoms with Gasteiger partial charge in [0.25, 0.3) is 0 Å². The molecule has 0 radical (unpaired) electrons. The Morgan fingerprint density at radius 2 is 1.68 bits per heavy atom. The van der Waals surface area contributed by atoms with E-state index in [1.807, 2.05) is 22.9 Å². The summed E-state index contributed by atoms with van der Waals surface area (Å²) in [6.45, 7) is 9.05.